The van der Waals surface area contributed by atoms with Crippen molar-refractivity contribution in [2.45, 2.75) is 206 Å². The summed E-state index contributed by atoms with van der Waals surface area (Å²) in [6.45, 7) is 12.8. The van der Waals surface area contributed by atoms with Crippen LogP contribution in [0.1, 0.15) is 162 Å². The van der Waals surface area contributed by atoms with Gasteiger partial charge in [-0.25, -0.2) is 9.59 Å². The van der Waals surface area contributed by atoms with Gasteiger partial charge in [0.15, 0.2) is 5.78 Å². The number of hydrogen-bond acceptors (Lipinski definition) is 16. The van der Waals surface area contributed by atoms with Gasteiger partial charge in [0.1, 0.15) is 36.2 Å². The second-order valence-corrected chi connectivity index (χ2v) is 22.5. The number of ketones is 3. The fourth-order valence-electron chi connectivity index (χ4n) is 11.7. The average molecular weight is 1070 g/mol. The number of nitrogens with zero attached hydrogens (tertiary/aromatic N) is 2. The maximum absolute atomic E-state index is 14.6. The number of fused-ring (bicyclic) bond motifs is 3. The van der Waals surface area contributed by atoms with Crippen molar-refractivity contribution in [3.05, 3.63) is 63.2 Å². The molecule has 5 rings (SSSR count). The van der Waals surface area contributed by atoms with Crippen LogP contribution in [0.25, 0.3) is 0 Å². The Morgan fingerprint density at radius 1 is 0.855 bits per heavy atom. The number of rotatable bonds is 9. The molecule has 0 spiro atoms. The van der Waals surface area contributed by atoms with Crippen LogP contribution in [0, 0.1) is 45.6 Å². The number of carbonyl (C=O) groups excluding carboxylic acids is 6. The first-order chi connectivity index (χ1) is 36.0. The number of aliphatic hydroxyl groups excluding tert-OH is 1. The zero-order valence-electron chi connectivity index (χ0n) is 46.6. The molecule has 0 aromatic heterocycles. The van der Waals surface area contributed by atoms with E-state index in [0.717, 1.165) is 31.3 Å². The number of Topliss-reactive ketones (excluding diaryl/α,β-unsaturated/α-hetero) is 3. The highest BCUT2D eigenvalue weighted by Gasteiger charge is 2.53. The largest absolute Gasteiger partial charge is 0.460 e. The molecule has 1 amide bonds. The van der Waals surface area contributed by atoms with Crippen molar-refractivity contribution in [2.75, 3.05) is 27.9 Å². The van der Waals surface area contributed by atoms with E-state index in [1.54, 1.807) is 34.0 Å². The molecule has 1 aromatic rings. The van der Waals surface area contributed by atoms with E-state index in [1.807, 2.05) is 20.8 Å². The van der Waals surface area contributed by atoms with E-state index in [1.165, 1.54) is 43.4 Å². The molecular formula is C58H86N2O16. The summed E-state index contributed by atoms with van der Waals surface area (Å²) in [4.78, 5) is 96.4. The third-order valence-corrected chi connectivity index (χ3v) is 16.7. The van der Waals surface area contributed by atoms with Crippen LogP contribution in [-0.4, -0.2) is 138 Å². The zero-order chi connectivity index (χ0) is 56.0. The first-order valence-electron chi connectivity index (χ1n) is 27.6. The van der Waals surface area contributed by atoms with Gasteiger partial charge in [-0.3, -0.25) is 29.3 Å². The normalized spacial score (nSPS) is 35.7. The van der Waals surface area contributed by atoms with Crippen LogP contribution in [-0.2, 0) is 52.4 Å². The van der Waals surface area contributed by atoms with E-state index in [9.17, 15) is 49.1 Å². The van der Waals surface area contributed by atoms with Gasteiger partial charge in [-0.1, -0.05) is 59.6 Å². The van der Waals surface area contributed by atoms with Crippen LogP contribution in [0.5, 0.6) is 0 Å². The van der Waals surface area contributed by atoms with Crippen LogP contribution in [0.15, 0.2) is 47.6 Å². The van der Waals surface area contributed by atoms with Crippen LogP contribution in [0.3, 0.4) is 0 Å². The van der Waals surface area contributed by atoms with Crippen molar-refractivity contribution in [3.8, 4) is 0 Å². The summed E-state index contributed by atoms with van der Waals surface area (Å²) in [5.74, 6) is -8.84. The number of nitro benzene ring substituents is 1. The molecule has 4 aliphatic rings. The zero-order valence-corrected chi connectivity index (χ0v) is 46.6. The van der Waals surface area contributed by atoms with Gasteiger partial charge in [0, 0.05) is 70.6 Å². The van der Waals surface area contributed by atoms with Gasteiger partial charge in [-0.05, 0) is 132 Å². The lowest BCUT2D eigenvalue weighted by atomic mass is 9.78. The van der Waals surface area contributed by atoms with Gasteiger partial charge in [0.25, 0.3) is 17.4 Å². The first-order valence-corrected chi connectivity index (χ1v) is 27.6. The number of non-ortho nitro benzene ring substituents is 1. The van der Waals surface area contributed by atoms with Gasteiger partial charge in [0.2, 0.25) is 5.79 Å². The highest BCUT2D eigenvalue weighted by atomic mass is 16.6. The Kier molecular flexibility index (Phi) is 23.5. The van der Waals surface area contributed by atoms with E-state index >= 15 is 0 Å². The number of ether oxygens (including phenoxy) is 6. The molecule has 1 aromatic carbocycles. The Morgan fingerprint density at radius 2 is 1.55 bits per heavy atom. The number of allylic oxidation sites excluding steroid dienone is 2. The number of nitro groups is 1. The highest BCUT2D eigenvalue weighted by Crippen LogP contribution is 2.38. The lowest BCUT2D eigenvalue weighted by Crippen LogP contribution is -2.61. The monoisotopic (exact) mass is 1070 g/mol. The number of aliphatic hydroxyl groups is 2. The molecule has 2 saturated heterocycles. The van der Waals surface area contributed by atoms with Crippen LogP contribution >= 0.6 is 0 Å². The second-order valence-electron chi connectivity index (χ2n) is 22.5. The summed E-state index contributed by atoms with van der Waals surface area (Å²) in [6, 6.07) is 3.95. The molecule has 18 nitrogen and oxygen atoms in total. The Morgan fingerprint density at radius 3 is 2.21 bits per heavy atom. The number of hydrogen-bond donors (Lipinski definition) is 2. The van der Waals surface area contributed by atoms with Gasteiger partial charge < -0.3 is 43.5 Å². The number of benzene rings is 1. The third-order valence-electron chi connectivity index (χ3n) is 16.7. The third kappa shape index (κ3) is 16.2. The van der Waals surface area contributed by atoms with Crippen molar-refractivity contribution >= 4 is 40.9 Å². The maximum Gasteiger partial charge on any atom is 0.338 e. The van der Waals surface area contributed by atoms with Crippen molar-refractivity contribution in [2.24, 2.45) is 35.5 Å². The molecule has 424 valence electrons. The van der Waals surface area contributed by atoms with Crippen LogP contribution in [0.4, 0.5) is 5.69 Å². The minimum Gasteiger partial charge on any atom is -0.460 e. The highest BCUT2D eigenvalue weighted by molar-refractivity contribution is 6.39. The molecule has 0 unspecified atom stereocenters. The summed E-state index contributed by atoms with van der Waals surface area (Å²) in [7, 11) is 4.50. The van der Waals surface area contributed by atoms with Crippen molar-refractivity contribution < 1.29 is 72.3 Å². The van der Waals surface area contributed by atoms with Gasteiger partial charge >= 0.3 is 11.9 Å². The minimum atomic E-state index is -2.45. The van der Waals surface area contributed by atoms with E-state index in [4.69, 9.17) is 28.4 Å². The average Bonchev–Trinajstić information content (AvgIpc) is 3.40. The number of carbonyl (C=O) groups is 6. The molecule has 15 atom stereocenters. The summed E-state index contributed by atoms with van der Waals surface area (Å²) in [5, 5.41) is 34.8. The maximum atomic E-state index is 14.6. The molecule has 3 fully saturated rings. The van der Waals surface area contributed by atoms with Crippen molar-refractivity contribution in [3.63, 3.8) is 0 Å². The van der Waals surface area contributed by atoms with Gasteiger partial charge in [-0.2, -0.15) is 0 Å². The smallest absolute Gasteiger partial charge is 0.338 e. The number of esters is 2. The Labute approximate surface area is 449 Å². The molecule has 3 aliphatic heterocycles. The topological polar surface area (TPSA) is 245 Å². The minimum absolute atomic E-state index is 0.0343. The summed E-state index contributed by atoms with van der Waals surface area (Å²) >= 11 is 0. The quantitative estimate of drug-likeness (QED) is 0.0775. The van der Waals surface area contributed by atoms with Gasteiger partial charge in [-0.15, -0.1) is 0 Å². The molecule has 1 saturated carbocycles. The fourth-order valence-corrected chi connectivity index (χ4v) is 11.7. The molecule has 0 radical (unpaired) electrons. The summed E-state index contributed by atoms with van der Waals surface area (Å²) in [6.07, 6.45) is 6.41. The molecule has 76 heavy (non-hydrogen) atoms. The molecule has 3 heterocycles. The Hall–Kier alpha value is -4.72. The molecule has 2 N–H and O–H groups in total. The molecule has 18 heteroatoms. The van der Waals surface area contributed by atoms with Crippen molar-refractivity contribution in [1.29, 1.82) is 0 Å². The summed E-state index contributed by atoms with van der Waals surface area (Å²) in [5.41, 5.74) is 1.35. The Bertz CT molecular complexity index is 2230. The number of methoxy groups -OCH3 is 3. The number of amides is 1. The predicted octanol–water partition coefficient (Wildman–Crippen LogP) is 8.40. The van der Waals surface area contributed by atoms with Gasteiger partial charge in [0.05, 0.1) is 28.8 Å². The van der Waals surface area contributed by atoms with Crippen LogP contribution < -0.4 is 0 Å². The van der Waals surface area contributed by atoms with Crippen LogP contribution in [0.2, 0.25) is 0 Å². The predicted molar refractivity (Wildman–Crippen MR) is 282 cm³/mol. The number of piperidine rings is 1. The second kappa shape index (κ2) is 28.8. The van der Waals surface area contributed by atoms with Crippen molar-refractivity contribution in [1.82, 2.24) is 4.90 Å². The Balaban J connectivity index is 1.42. The first kappa shape index (κ1) is 62.1. The lowest BCUT2D eigenvalue weighted by Gasteiger charge is -2.42. The summed E-state index contributed by atoms with van der Waals surface area (Å²) < 4.78 is 35.7. The number of cyclic esters (lactones) is 1. The van der Waals surface area contributed by atoms with E-state index in [0.29, 0.717) is 69.8 Å². The standard InChI is InChI=1S/C58H86N2O16/c1-34-16-12-11-13-17-35(2)48(71-8)32-44-25-19-40(7)58(68,76-44)54(64)55(65)59-27-15-14-18-45(59)57(67)75-49(33-46(61)36(3)29-39(6)52(63)53(73-10)51(62)38(5)28-34)37(4)30-41-20-26-47(50(31-41)72-9)74-56(66)42-21-23-43(24-22-42)60(69)70/h17,21-24,29,34,36-38,40-41,44-45,47-50,52-53,63,68H,11-16,18-20,25-28,30-33H2,1-10H3/b35-17-,39-29-/t34-,36-,37-,38-,40-,41+,44+,45+,47-,48+,49+,50-,52-,53+,58-/m1/s1. The fraction of sp³-hybridized carbons (Fsp3) is 0.724. The SMILES string of the molecule is CO[C@H]1C[C@@H]2CC[C@@H](C)[C@@](O)(O2)C(=O)C(=O)N2CCCC[C@H]2C(=O)O[C@H]([C@H](C)C[C@@H]2CC[C@@H](OC(=O)c3ccc([N+](=O)[O-])cc3)[C@H](OC)C2)CC(=O)[C@H](C)/C=C(/C)[C@@H](O)[C@@H](OC)C(=O)[C@H](C)C[C@H](C)CCCC/C=C\1C. The van der Waals surface area contributed by atoms with E-state index < -0.39 is 101 Å². The molecule has 2 bridgehead atoms. The van der Waals surface area contributed by atoms with E-state index in [2.05, 4.69) is 13.0 Å². The van der Waals surface area contributed by atoms with E-state index in [-0.39, 0.29) is 60.1 Å². The molecule has 1 aliphatic carbocycles. The lowest BCUT2D eigenvalue weighted by molar-refractivity contribution is -0.384. The molecular weight excluding hydrogens is 981 g/mol.